The zero-order valence-corrected chi connectivity index (χ0v) is 7.97. The minimum atomic E-state index is -0.896. The van der Waals surface area contributed by atoms with Crippen molar-refractivity contribution in [3.8, 4) is 0 Å². The number of nitrogens with zero attached hydrogens (tertiary/aromatic N) is 1. The molecular weight excluding hydrogens is 216 g/mol. The number of carbonyl (C=O) groups excluding carboxylic acids is 2. The summed E-state index contributed by atoms with van der Waals surface area (Å²) in [5.41, 5.74) is 9.42. The summed E-state index contributed by atoms with van der Waals surface area (Å²) in [5, 5.41) is 12.6. The summed E-state index contributed by atoms with van der Waals surface area (Å²) in [6.45, 7) is 0. The second kappa shape index (κ2) is 4.26. The minimum absolute atomic E-state index is 0.0330. The Morgan fingerprint density at radius 1 is 1.31 bits per heavy atom. The van der Waals surface area contributed by atoms with E-state index in [1.165, 1.54) is 6.07 Å². The number of primary amides is 2. The highest BCUT2D eigenvalue weighted by Crippen LogP contribution is 2.21. The fraction of sp³-hybridized carbons (Fsp3) is 0. The highest BCUT2D eigenvalue weighted by molar-refractivity contribution is 6.02. The summed E-state index contributed by atoms with van der Waals surface area (Å²) in [7, 11) is 0. The molecule has 0 bridgehead atoms. The highest BCUT2D eigenvalue weighted by atomic mass is 16.6. The van der Waals surface area contributed by atoms with E-state index in [2.05, 4.69) is 5.32 Å². The zero-order valence-electron chi connectivity index (χ0n) is 7.97. The molecular formula is C8H8N4O4. The summed E-state index contributed by atoms with van der Waals surface area (Å²) >= 11 is 0. The molecule has 16 heavy (non-hydrogen) atoms. The smallest absolute Gasteiger partial charge is 0.316 e. The Labute approximate surface area is 89.4 Å². The standard InChI is InChI=1S/C8H8N4O4/c9-7(13)5-3-4(12(15)16)1-2-6(5)11-8(10)14/h1-3H,(H2,9,13)(H3,10,11,14). The third-order valence-electron chi connectivity index (χ3n) is 1.74. The molecule has 84 valence electrons. The number of amides is 3. The van der Waals surface area contributed by atoms with Crippen LogP contribution in [0.5, 0.6) is 0 Å². The number of nitrogens with two attached hydrogens (primary N) is 2. The molecule has 0 radical (unpaired) electrons. The Bertz CT molecular complexity index is 471. The SMILES string of the molecule is NC(=O)Nc1ccc([N+](=O)[O-])cc1C(N)=O. The Morgan fingerprint density at radius 2 is 1.94 bits per heavy atom. The van der Waals surface area contributed by atoms with Crippen LogP contribution in [0.3, 0.4) is 0 Å². The molecule has 8 nitrogen and oxygen atoms in total. The van der Waals surface area contributed by atoms with Crippen molar-refractivity contribution in [1.82, 2.24) is 0 Å². The number of nitro groups is 1. The number of anilines is 1. The van der Waals surface area contributed by atoms with E-state index in [1.54, 1.807) is 0 Å². The van der Waals surface area contributed by atoms with E-state index < -0.39 is 16.9 Å². The summed E-state index contributed by atoms with van der Waals surface area (Å²) in [4.78, 5) is 31.3. The second-order valence-corrected chi connectivity index (χ2v) is 2.84. The van der Waals surface area contributed by atoms with Gasteiger partial charge in [0.1, 0.15) is 0 Å². The molecule has 1 rings (SSSR count). The number of carbonyl (C=O) groups is 2. The van der Waals surface area contributed by atoms with Crippen molar-refractivity contribution in [3.63, 3.8) is 0 Å². The van der Waals surface area contributed by atoms with Crippen LogP contribution >= 0.6 is 0 Å². The van der Waals surface area contributed by atoms with Gasteiger partial charge in [-0.3, -0.25) is 14.9 Å². The number of rotatable bonds is 3. The van der Waals surface area contributed by atoms with E-state index in [-0.39, 0.29) is 16.9 Å². The van der Waals surface area contributed by atoms with Crippen LogP contribution in [0.25, 0.3) is 0 Å². The third kappa shape index (κ3) is 2.44. The first-order valence-electron chi connectivity index (χ1n) is 4.06. The fourth-order valence-corrected chi connectivity index (χ4v) is 1.09. The molecule has 0 saturated heterocycles. The number of urea groups is 1. The first-order chi connectivity index (χ1) is 7.41. The van der Waals surface area contributed by atoms with Gasteiger partial charge in [-0.1, -0.05) is 0 Å². The third-order valence-corrected chi connectivity index (χ3v) is 1.74. The normalized spacial score (nSPS) is 9.50. The first-order valence-corrected chi connectivity index (χ1v) is 4.06. The van der Waals surface area contributed by atoms with Crippen LogP contribution in [0.4, 0.5) is 16.2 Å². The molecule has 8 heteroatoms. The predicted molar refractivity (Wildman–Crippen MR) is 54.8 cm³/mol. The number of hydrogen-bond donors (Lipinski definition) is 3. The maximum atomic E-state index is 11.0. The van der Waals surface area contributed by atoms with Gasteiger partial charge in [-0.05, 0) is 6.07 Å². The van der Waals surface area contributed by atoms with Crippen molar-refractivity contribution >= 4 is 23.3 Å². The molecule has 1 aromatic rings. The molecule has 0 saturated carbocycles. The fourth-order valence-electron chi connectivity index (χ4n) is 1.09. The van der Waals surface area contributed by atoms with Gasteiger partial charge in [0.05, 0.1) is 16.2 Å². The molecule has 0 aliphatic carbocycles. The number of nitrogens with one attached hydrogen (secondary N) is 1. The van der Waals surface area contributed by atoms with E-state index in [0.29, 0.717) is 0 Å². The van der Waals surface area contributed by atoms with Gasteiger partial charge in [0.25, 0.3) is 11.6 Å². The Balaban J connectivity index is 3.24. The summed E-state index contributed by atoms with van der Waals surface area (Å²) in [6.07, 6.45) is 0. The summed E-state index contributed by atoms with van der Waals surface area (Å²) in [6, 6.07) is 2.38. The molecule has 0 spiro atoms. The van der Waals surface area contributed by atoms with Crippen molar-refractivity contribution in [2.24, 2.45) is 11.5 Å². The average molecular weight is 224 g/mol. The quantitative estimate of drug-likeness (QED) is 0.497. The van der Waals surface area contributed by atoms with E-state index in [9.17, 15) is 19.7 Å². The van der Waals surface area contributed by atoms with Crippen LogP contribution in [-0.2, 0) is 0 Å². The van der Waals surface area contributed by atoms with Crippen molar-refractivity contribution < 1.29 is 14.5 Å². The zero-order chi connectivity index (χ0) is 12.3. The molecule has 0 fully saturated rings. The maximum absolute atomic E-state index is 11.0. The minimum Gasteiger partial charge on any atom is -0.366 e. The Hall–Kier alpha value is -2.64. The second-order valence-electron chi connectivity index (χ2n) is 2.84. The largest absolute Gasteiger partial charge is 0.366 e. The van der Waals surface area contributed by atoms with Crippen LogP contribution in [0.2, 0.25) is 0 Å². The van der Waals surface area contributed by atoms with E-state index >= 15 is 0 Å². The summed E-state index contributed by atoms with van der Waals surface area (Å²) in [5.74, 6) is -0.896. The molecule has 3 amide bonds. The molecule has 0 aromatic heterocycles. The van der Waals surface area contributed by atoms with Crippen molar-refractivity contribution in [2.45, 2.75) is 0 Å². The average Bonchev–Trinajstić information content (AvgIpc) is 2.16. The lowest BCUT2D eigenvalue weighted by Gasteiger charge is -2.06. The van der Waals surface area contributed by atoms with E-state index in [0.717, 1.165) is 12.1 Å². The van der Waals surface area contributed by atoms with Gasteiger partial charge in [0.15, 0.2) is 0 Å². The van der Waals surface area contributed by atoms with Crippen molar-refractivity contribution in [1.29, 1.82) is 0 Å². The van der Waals surface area contributed by atoms with Gasteiger partial charge in [0, 0.05) is 12.1 Å². The molecule has 5 N–H and O–H groups in total. The van der Waals surface area contributed by atoms with E-state index in [4.69, 9.17) is 11.5 Å². The Morgan fingerprint density at radius 3 is 2.38 bits per heavy atom. The molecule has 0 heterocycles. The van der Waals surface area contributed by atoms with Crippen LogP contribution in [0.1, 0.15) is 10.4 Å². The predicted octanol–water partition coefficient (Wildman–Crippen LogP) is 0.184. The van der Waals surface area contributed by atoms with Crippen LogP contribution < -0.4 is 16.8 Å². The van der Waals surface area contributed by atoms with Gasteiger partial charge in [-0.15, -0.1) is 0 Å². The van der Waals surface area contributed by atoms with Gasteiger partial charge in [0.2, 0.25) is 0 Å². The van der Waals surface area contributed by atoms with E-state index in [1.807, 2.05) is 0 Å². The molecule has 0 aliphatic rings. The number of hydrogen-bond acceptors (Lipinski definition) is 4. The van der Waals surface area contributed by atoms with Crippen molar-refractivity contribution in [3.05, 3.63) is 33.9 Å². The molecule has 0 atom stereocenters. The molecule has 0 unspecified atom stereocenters. The molecule has 0 aliphatic heterocycles. The lowest BCUT2D eigenvalue weighted by atomic mass is 10.1. The summed E-state index contributed by atoms with van der Waals surface area (Å²) < 4.78 is 0. The van der Waals surface area contributed by atoms with Gasteiger partial charge >= 0.3 is 6.03 Å². The van der Waals surface area contributed by atoms with Gasteiger partial charge < -0.3 is 16.8 Å². The lowest BCUT2D eigenvalue weighted by molar-refractivity contribution is -0.384. The Kier molecular flexibility index (Phi) is 3.04. The van der Waals surface area contributed by atoms with Gasteiger partial charge in [-0.2, -0.15) is 0 Å². The van der Waals surface area contributed by atoms with Gasteiger partial charge in [-0.25, -0.2) is 4.79 Å². The highest BCUT2D eigenvalue weighted by Gasteiger charge is 2.15. The number of nitro benzene ring substituents is 1. The van der Waals surface area contributed by atoms with Crippen LogP contribution in [0.15, 0.2) is 18.2 Å². The van der Waals surface area contributed by atoms with Crippen molar-refractivity contribution in [2.75, 3.05) is 5.32 Å². The lowest BCUT2D eigenvalue weighted by Crippen LogP contribution is -2.22. The topological polar surface area (TPSA) is 141 Å². The number of non-ortho nitro benzene ring substituents is 1. The van der Waals surface area contributed by atoms with Crippen LogP contribution in [0, 0.1) is 10.1 Å². The number of benzene rings is 1. The first kappa shape index (κ1) is 11.4. The maximum Gasteiger partial charge on any atom is 0.316 e. The monoisotopic (exact) mass is 224 g/mol. The molecule has 1 aromatic carbocycles. The van der Waals surface area contributed by atoms with Crippen LogP contribution in [-0.4, -0.2) is 16.9 Å².